The minimum Gasteiger partial charge on any atom is -0.189 e. The van der Waals surface area contributed by atoms with Crippen molar-refractivity contribution in [1.82, 2.24) is 0 Å². The zero-order chi connectivity index (χ0) is 48.3. The highest BCUT2D eigenvalue weighted by Crippen LogP contribution is 2.48. The second-order valence-corrected chi connectivity index (χ2v) is 23.5. The van der Waals surface area contributed by atoms with E-state index in [0.29, 0.717) is 11.8 Å². The maximum Gasteiger partial charge on any atom is -0.0156 e. The van der Waals surface area contributed by atoms with E-state index in [1.165, 1.54) is 157 Å². The quantitative estimate of drug-likeness (QED) is 0.132. The molecule has 0 spiro atoms. The van der Waals surface area contributed by atoms with E-state index in [1.807, 2.05) is 0 Å². The Balaban J connectivity index is 0.000000104. The molecule has 0 N–H and O–H groups in total. The standard InChI is InChI=1S/C20H22.C20H20.C16H20.C16H19/c2*1-2-6-18-12-16-10-9-15(11-17(18)5-1)13-19-7-3-4-8-20(19)14-16;2*1-3-7-13(8-4-1)16-11-14-9-5-2-6-10-15(14)12-16/h1-8,15-16H,9-14H2;1-8,11,14-16H,9-10,12-13H2;1-5,7-8,14-16H,6,9-12H2;1-5,7-8,14-15H,6,9-12H2/q;-2;;-1. The zero-order valence-electron chi connectivity index (χ0n) is 43.3. The minimum atomic E-state index is 0.689. The van der Waals surface area contributed by atoms with Crippen LogP contribution in [0.15, 0.2) is 199 Å². The van der Waals surface area contributed by atoms with Gasteiger partial charge in [-0.2, -0.15) is 24.1 Å². The molecular weight excluding hydrogens is 865 g/mol. The van der Waals surface area contributed by atoms with Crippen molar-refractivity contribution in [2.24, 2.45) is 47.3 Å². The van der Waals surface area contributed by atoms with Crippen molar-refractivity contribution in [1.29, 1.82) is 0 Å². The van der Waals surface area contributed by atoms with Crippen LogP contribution in [-0.2, 0) is 32.1 Å². The van der Waals surface area contributed by atoms with Gasteiger partial charge in [0.2, 0.25) is 0 Å². The Labute approximate surface area is 436 Å². The first-order valence-electron chi connectivity index (χ1n) is 28.9. The Morgan fingerprint density at radius 1 is 0.472 bits per heavy atom. The second kappa shape index (κ2) is 24.0. The van der Waals surface area contributed by atoms with Crippen molar-refractivity contribution >= 4 is 0 Å². The molecule has 10 aliphatic carbocycles. The maximum atomic E-state index is 2.52. The van der Waals surface area contributed by atoms with Gasteiger partial charge in [0.1, 0.15) is 0 Å². The van der Waals surface area contributed by atoms with E-state index in [0.717, 1.165) is 41.4 Å². The van der Waals surface area contributed by atoms with Gasteiger partial charge in [-0.15, -0.1) is 95.4 Å². The highest BCUT2D eigenvalue weighted by Gasteiger charge is 2.34. The third-order valence-corrected chi connectivity index (χ3v) is 18.7. The van der Waals surface area contributed by atoms with Crippen molar-refractivity contribution in [3.8, 4) is 0 Å². The highest BCUT2D eigenvalue weighted by molar-refractivity contribution is 5.49. The fourth-order valence-electron chi connectivity index (χ4n) is 14.8. The number of fused-ring (bicyclic) bond motifs is 12. The van der Waals surface area contributed by atoms with E-state index in [9.17, 15) is 0 Å². The fraction of sp³-hybridized carbons (Fsp3) is 0.403. The molecule has 10 aliphatic rings. The Hall–Kier alpha value is -5.59. The number of benzene rings is 4. The summed E-state index contributed by atoms with van der Waals surface area (Å²) in [6.45, 7) is 0. The Morgan fingerprint density at radius 2 is 1.08 bits per heavy atom. The first-order chi connectivity index (χ1) is 35.6. The molecule has 0 heteroatoms. The number of rotatable bonds is 1. The topological polar surface area (TPSA) is 0 Å². The predicted molar refractivity (Wildman–Crippen MR) is 305 cm³/mol. The molecule has 14 rings (SSSR count). The smallest absolute Gasteiger partial charge is 0.0156 e. The monoisotopic (exact) mass is 946 g/mol. The average molecular weight is 946 g/mol. The molecule has 0 radical (unpaired) electrons. The van der Waals surface area contributed by atoms with Gasteiger partial charge in [0.15, 0.2) is 0 Å². The molecule has 0 amide bonds. The van der Waals surface area contributed by atoms with Crippen LogP contribution in [0.3, 0.4) is 0 Å². The van der Waals surface area contributed by atoms with Crippen LogP contribution in [0.1, 0.15) is 141 Å². The molecular formula is C72H81-3. The summed E-state index contributed by atoms with van der Waals surface area (Å²) in [7, 11) is 0. The molecule has 0 nitrogen and oxygen atoms in total. The lowest BCUT2D eigenvalue weighted by Crippen LogP contribution is -2.22. The van der Waals surface area contributed by atoms with Gasteiger partial charge in [-0.3, -0.25) is 0 Å². The SMILES string of the molecule is C1=CC2=CC3CCC([CH-]c4ccccc4C3)C[C-]2C=C1.C1=CCC2CC(c3ccccc3)CC2CC1.C1=C[CH-]C(=C2CC3CC=CCCC3C2)C=C1.c1ccc2c(c1)CC1CCC(C2)Cc2ccccc2C1. The van der Waals surface area contributed by atoms with E-state index >= 15 is 0 Å². The summed E-state index contributed by atoms with van der Waals surface area (Å²) < 4.78 is 0. The van der Waals surface area contributed by atoms with Crippen LogP contribution < -0.4 is 0 Å². The molecule has 4 bridgehead atoms. The molecule has 0 heterocycles. The molecule has 4 aromatic rings. The summed E-state index contributed by atoms with van der Waals surface area (Å²) in [6, 6.07) is 38.4. The Kier molecular flexibility index (Phi) is 16.2. The molecule has 0 saturated heterocycles. The summed E-state index contributed by atoms with van der Waals surface area (Å²) >= 11 is 0. The number of hydrogen-bond acceptors (Lipinski definition) is 0. The first kappa shape index (κ1) is 48.7. The van der Waals surface area contributed by atoms with Gasteiger partial charge in [0.05, 0.1) is 0 Å². The molecule has 2 fully saturated rings. The molecule has 0 aliphatic heterocycles. The van der Waals surface area contributed by atoms with Gasteiger partial charge in [0.25, 0.3) is 0 Å². The summed E-state index contributed by atoms with van der Waals surface area (Å²) in [5.41, 5.74) is 15.7. The van der Waals surface area contributed by atoms with Crippen LogP contribution in [-0.4, -0.2) is 0 Å². The van der Waals surface area contributed by atoms with Gasteiger partial charge in [-0.25, -0.2) is 0 Å². The van der Waals surface area contributed by atoms with E-state index in [1.54, 1.807) is 33.4 Å². The molecule has 372 valence electrons. The Bertz CT molecular complexity index is 2570. The number of allylic oxidation sites excluding steroid dienone is 16. The van der Waals surface area contributed by atoms with Gasteiger partial charge >= 0.3 is 0 Å². The average Bonchev–Trinajstić information content (AvgIpc) is 3.85. The summed E-state index contributed by atoms with van der Waals surface area (Å²) in [6.07, 6.45) is 61.1. The lowest BCUT2D eigenvalue weighted by atomic mass is 9.73. The van der Waals surface area contributed by atoms with Crippen LogP contribution in [0.25, 0.3) is 0 Å². The normalized spacial score (nSPS) is 30.1. The molecule has 0 aromatic heterocycles. The van der Waals surface area contributed by atoms with E-state index in [2.05, 4.69) is 195 Å². The van der Waals surface area contributed by atoms with Crippen LogP contribution >= 0.6 is 0 Å². The molecule has 4 aromatic carbocycles. The zero-order valence-corrected chi connectivity index (χ0v) is 43.3. The van der Waals surface area contributed by atoms with Crippen LogP contribution in [0.5, 0.6) is 0 Å². The minimum absolute atomic E-state index is 0.689. The van der Waals surface area contributed by atoms with Crippen molar-refractivity contribution in [3.05, 3.63) is 257 Å². The van der Waals surface area contributed by atoms with Gasteiger partial charge < -0.3 is 0 Å². The third kappa shape index (κ3) is 12.4. The lowest BCUT2D eigenvalue weighted by Gasteiger charge is -2.39. The van der Waals surface area contributed by atoms with Crippen LogP contribution in [0.4, 0.5) is 0 Å². The first-order valence-corrected chi connectivity index (χ1v) is 28.9. The van der Waals surface area contributed by atoms with Crippen LogP contribution in [0, 0.1) is 66.1 Å². The van der Waals surface area contributed by atoms with E-state index in [4.69, 9.17) is 0 Å². The largest absolute Gasteiger partial charge is 0.189 e. The predicted octanol–water partition coefficient (Wildman–Crippen LogP) is 18.4. The van der Waals surface area contributed by atoms with Crippen LogP contribution in [0.2, 0.25) is 0 Å². The highest BCUT2D eigenvalue weighted by atomic mass is 14.4. The maximum absolute atomic E-state index is 2.52. The van der Waals surface area contributed by atoms with Crippen molar-refractivity contribution in [2.75, 3.05) is 0 Å². The number of hydrogen-bond donors (Lipinski definition) is 0. The lowest BCUT2D eigenvalue weighted by molar-refractivity contribution is 0.355. The van der Waals surface area contributed by atoms with Crippen molar-refractivity contribution in [2.45, 2.75) is 134 Å². The summed E-state index contributed by atoms with van der Waals surface area (Å²) in [5, 5.41) is 0. The molecule has 7 unspecified atom stereocenters. The van der Waals surface area contributed by atoms with Gasteiger partial charge in [0, 0.05) is 0 Å². The van der Waals surface area contributed by atoms with E-state index < -0.39 is 0 Å². The Morgan fingerprint density at radius 3 is 1.78 bits per heavy atom. The molecule has 2 saturated carbocycles. The van der Waals surface area contributed by atoms with Crippen molar-refractivity contribution in [3.63, 3.8) is 0 Å². The molecule has 7 atom stereocenters. The second-order valence-electron chi connectivity index (χ2n) is 23.5. The van der Waals surface area contributed by atoms with Gasteiger partial charge in [-0.05, 0) is 159 Å². The van der Waals surface area contributed by atoms with E-state index in [-0.39, 0.29) is 0 Å². The fourth-order valence-corrected chi connectivity index (χ4v) is 14.8. The molecule has 72 heavy (non-hydrogen) atoms. The summed E-state index contributed by atoms with van der Waals surface area (Å²) in [4.78, 5) is 0. The van der Waals surface area contributed by atoms with Gasteiger partial charge in [-0.1, -0.05) is 160 Å². The third-order valence-electron chi connectivity index (χ3n) is 18.7. The van der Waals surface area contributed by atoms with Crippen molar-refractivity contribution < 1.29 is 0 Å². The summed E-state index contributed by atoms with van der Waals surface area (Å²) in [5.74, 6) is 9.23.